The minimum atomic E-state index is -1.13. The third-order valence-electron chi connectivity index (χ3n) is 2.51. The van der Waals surface area contributed by atoms with Gasteiger partial charge < -0.3 is 10.4 Å². The minimum absolute atomic E-state index is 0.000160. The van der Waals surface area contributed by atoms with E-state index in [0.717, 1.165) is 11.8 Å². The summed E-state index contributed by atoms with van der Waals surface area (Å²) in [4.78, 5) is 26.6. The van der Waals surface area contributed by atoms with Crippen LogP contribution in [0.4, 0.5) is 0 Å². The summed E-state index contributed by atoms with van der Waals surface area (Å²) in [5.74, 6) is -1.31. The van der Waals surface area contributed by atoms with Crippen LogP contribution in [0.3, 0.4) is 0 Å². The van der Waals surface area contributed by atoms with Gasteiger partial charge in [-0.25, -0.2) is 4.79 Å². The standard InChI is InChI=1S/C13H10Cl2N2O3S/c14-8-2-1-7(9(15)6-8)5-10(12(19)20)21-13-16-4-3-11(18)17-13/h1-2,5-6H,3-4H2,(H,19,20)(H,16,17,18). The van der Waals surface area contributed by atoms with Crippen LogP contribution in [0.5, 0.6) is 0 Å². The largest absolute Gasteiger partial charge is 0.477 e. The zero-order chi connectivity index (χ0) is 15.4. The molecule has 0 saturated heterocycles. The van der Waals surface area contributed by atoms with Crippen LogP contribution in [-0.4, -0.2) is 28.7 Å². The molecule has 0 unspecified atom stereocenters. The lowest BCUT2D eigenvalue weighted by Crippen LogP contribution is -2.33. The summed E-state index contributed by atoms with van der Waals surface area (Å²) in [5, 5.41) is 12.9. The average molecular weight is 345 g/mol. The molecule has 21 heavy (non-hydrogen) atoms. The van der Waals surface area contributed by atoms with E-state index in [0.29, 0.717) is 28.6 Å². The summed E-state index contributed by atoms with van der Waals surface area (Å²) in [6.45, 7) is 0.350. The molecule has 1 aliphatic heterocycles. The molecule has 1 amide bonds. The second-order valence-corrected chi connectivity index (χ2v) is 5.94. The number of hydrogen-bond donors (Lipinski definition) is 2. The van der Waals surface area contributed by atoms with E-state index in [4.69, 9.17) is 23.2 Å². The Hall–Kier alpha value is -1.50. The third kappa shape index (κ3) is 4.49. The quantitative estimate of drug-likeness (QED) is 0.826. The number of hydrogen-bond acceptors (Lipinski definition) is 4. The van der Waals surface area contributed by atoms with Gasteiger partial charge in [0.1, 0.15) is 4.91 Å². The van der Waals surface area contributed by atoms with E-state index in [9.17, 15) is 14.7 Å². The van der Waals surface area contributed by atoms with Gasteiger partial charge in [-0.05, 0) is 35.5 Å². The summed E-state index contributed by atoms with van der Waals surface area (Å²) < 4.78 is 0. The maximum Gasteiger partial charge on any atom is 0.342 e. The number of benzene rings is 1. The number of amides is 1. The van der Waals surface area contributed by atoms with Gasteiger partial charge in [-0.1, -0.05) is 29.3 Å². The average Bonchev–Trinajstić information content (AvgIpc) is 2.40. The lowest BCUT2D eigenvalue weighted by molar-refractivity contribution is -0.131. The van der Waals surface area contributed by atoms with Crippen LogP contribution in [0.1, 0.15) is 12.0 Å². The molecule has 0 fully saturated rings. The number of carbonyl (C=O) groups is 2. The number of rotatable bonds is 3. The van der Waals surface area contributed by atoms with E-state index in [1.54, 1.807) is 12.1 Å². The molecule has 8 heteroatoms. The van der Waals surface area contributed by atoms with Crippen molar-refractivity contribution in [2.24, 2.45) is 4.99 Å². The molecule has 0 aliphatic carbocycles. The van der Waals surface area contributed by atoms with E-state index in [1.807, 2.05) is 0 Å². The van der Waals surface area contributed by atoms with Gasteiger partial charge in [0.2, 0.25) is 5.91 Å². The first-order chi connectivity index (χ1) is 9.95. The maximum absolute atomic E-state index is 11.3. The van der Waals surface area contributed by atoms with Crippen molar-refractivity contribution in [2.75, 3.05) is 6.54 Å². The Morgan fingerprint density at radius 3 is 2.81 bits per heavy atom. The SMILES string of the molecule is O=C1CCN=C(SC(=Cc2ccc(Cl)cc2Cl)C(=O)O)N1. The van der Waals surface area contributed by atoms with Crippen molar-refractivity contribution >= 4 is 58.1 Å². The lowest BCUT2D eigenvalue weighted by atomic mass is 10.2. The first kappa shape index (κ1) is 15.9. The molecule has 0 bridgehead atoms. The Morgan fingerprint density at radius 1 is 1.43 bits per heavy atom. The van der Waals surface area contributed by atoms with Gasteiger partial charge in [-0.15, -0.1) is 0 Å². The van der Waals surface area contributed by atoms with Crippen LogP contribution >= 0.6 is 35.0 Å². The van der Waals surface area contributed by atoms with Crippen molar-refractivity contribution in [1.82, 2.24) is 5.32 Å². The van der Waals surface area contributed by atoms with Crippen LogP contribution in [0.25, 0.3) is 6.08 Å². The number of halogens is 2. The Kier molecular flexibility index (Phi) is 5.27. The second kappa shape index (κ2) is 6.98. The lowest BCUT2D eigenvalue weighted by Gasteiger charge is -2.12. The smallest absolute Gasteiger partial charge is 0.342 e. The van der Waals surface area contributed by atoms with Crippen molar-refractivity contribution in [1.29, 1.82) is 0 Å². The molecular weight excluding hydrogens is 335 g/mol. The zero-order valence-corrected chi connectivity index (χ0v) is 12.9. The van der Waals surface area contributed by atoms with Crippen molar-refractivity contribution in [2.45, 2.75) is 6.42 Å². The summed E-state index contributed by atoms with van der Waals surface area (Å²) in [6, 6.07) is 4.76. The van der Waals surface area contributed by atoms with Crippen LogP contribution < -0.4 is 5.32 Å². The van der Waals surface area contributed by atoms with Gasteiger partial charge in [0.05, 0.1) is 6.54 Å². The highest BCUT2D eigenvalue weighted by atomic mass is 35.5. The van der Waals surface area contributed by atoms with E-state index in [2.05, 4.69) is 10.3 Å². The first-order valence-corrected chi connectivity index (χ1v) is 7.45. The third-order valence-corrected chi connectivity index (χ3v) is 4.01. The fourth-order valence-corrected chi connectivity index (χ4v) is 2.80. The number of aliphatic carboxylic acids is 1. The molecule has 110 valence electrons. The molecule has 0 saturated carbocycles. The number of aliphatic imine (C=N–C) groups is 1. The molecule has 0 atom stereocenters. The highest BCUT2D eigenvalue weighted by molar-refractivity contribution is 8.18. The van der Waals surface area contributed by atoms with Crippen LogP contribution in [0, 0.1) is 0 Å². The highest BCUT2D eigenvalue weighted by Crippen LogP contribution is 2.27. The van der Waals surface area contributed by atoms with Gasteiger partial charge in [0, 0.05) is 16.5 Å². The number of carbonyl (C=O) groups excluding carboxylic acids is 1. The van der Waals surface area contributed by atoms with Gasteiger partial charge >= 0.3 is 5.97 Å². The molecule has 0 spiro atoms. The maximum atomic E-state index is 11.3. The highest BCUT2D eigenvalue weighted by Gasteiger charge is 2.18. The van der Waals surface area contributed by atoms with Crippen LogP contribution in [-0.2, 0) is 9.59 Å². The number of nitrogens with one attached hydrogen (secondary N) is 1. The minimum Gasteiger partial charge on any atom is -0.477 e. The molecule has 1 aromatic carbocycles. The number of nitrogens with zero attached hydrogens (tertiary/aromatic N) is 1. The predicted molar refractivity (Wildman–Crippen MR) is 84.7 cm³/mol. The number of amidine groups is 1. The summed E-state index contributed by atoms with van der Waals surface area (Å²) >= 11 is 12.7. The molecule has 1 heterocycles. The van der Waals surface area contributed by atoms with Crippen LogP contribution in [0.2, 0.25) is 10.0 Å². The summed E-state index contributed by atoms with van der Waals surface area (Å²) in [7, 11) is 0. The molecule has 1 aromatic rings. The molecule has 2 rings (SSSR count). The van der Waals surface area contributed by atoms with Crippen molar-refractivity contribution < 1.29 is 14.7 Å². The monoisotopic (exact) mass is 344 g/mol. The topological polar surface area (TPSA) is 78.8 Å². The first-order valence-electron chi connectivity index (χ1n) is 5.88. The Balaban J connectivity index is 2.26. The van der Waals surface area contributed by atoms with Gasteiger partial charge in [-0.3, -0.25) is 9.79 Å². The Bertz CT molecular complexity index is 659. The predicted octanol–water partition coefficient (Wildman–Crippen LogP) is 3.03. The van der Waals surface area contributed by atoms with E-state index in [-0.39, 0.29) is 16.0 Å². The Labute approximate surface area is 135 Å². The molecule has 0 aromatic heterocycles. The fourth-order valence-electron chi connectivity index (χ4n) is 1.54. The number of thioether (sulfide) groups is 1. The van der Waals surface area contributed by atoms with Gasteiger partial charge in [0.15, 0.2) is 5.17 Å². The van der Waals surface area contributed by atoms with E-state index >= 15 is 0 Å². The molecule has 1 aliphatic rings. The van der Waals surface area contributed by atoms with E-state index < -0.39 is 5.97 Å². The van der Waals surface area contributed by atoms with Crippen molar-refractivity contribution in [3.05, 3.63) is 38.7 Å². The molecule has 2 N–H and O–H groups in total. The number of carboxylic acids is 1. The van der Waals surface area contributed by atoms with Crippen LogP contribution in [0.15, 0.2) is 28.1 Å². The Morgan fingerprint density at radius 2 is 2.19 bits per heavy atom. The van der Waals surface area contributed by atoms with Crippen molar-refractivity contribution in [3.63, 3.8) is 0 Å². The number of carboxylic acid groups (broad SMARTS) is 1. The normalized spacial score (nSPS) is 15.4. The van der Waals surface area contributed by atoms with Crippen molar-refractivity contribution in [3.8, 4) is 0 Å². The molecular formula is C13H10Cl2N2O3S. The van der Waals surface area contributed by atoms with Gasteiger partial charge in [-0.2, -0.15) is 0 Å². The van der Waals surface area contributed by atoms with E-state index in [1.165, 1.54) is 12.1 Å². The molecule has 5 nitrogen and oxygen atoms in total. The summed E-state index contributed by atoms with van der Waals surface area (Å²) in [5.41, 5.74) is 0.522. The van der Waals surface area contributed by atoms with Gasteiger partial charge in [0.25, 0.3) is 0 Å². The molecule has 0 radical (unpaired) electrons. The fraction of sp³-hybridized carbons (Fsp3) is 0.154. The second-order valence-electron chi connectivity index (χ2n) is 4.07. The zero-order valence-electron chi connectivity index (χ0n) is 10.6. The summed E-state index contributed by atoms with van der Waals surface area (Å²) in [6.07, 6.45) is 1.72.